The third-order valence-corrected chi connectivity index (χ3v) is 3.78. The van der Waals surface area contributed by atoms with Gasteiger partial charge in [-0.1, -0.05) is 25.1 Å². The number of nitrogens with zero attached hydrogens (tertiary/aromatic N) is 2. The van der Waals surface area contributed by atoms with Crippen molar-refractivity contribution in [2.24, 2.45) is 0 Å². The molecule has 0 radical (unpaired) electrons. The van der Waals surface area contributed by atoms with Crippen LogP contribution in [0.4, 0.5) is 0 Å². The summed E-state index contributed by atoms with van der Waals surface area (Å²) in [5.74, 6) is -0.229. The van der Waals surface area contributed by atoms with Crippen LogP contribution in [0.1, 0.15) is 26.7 Å². The molecule has 21 heavy (non-hydrogen) atoms. The summed E-state index contributed by atoms with van der Waals surface area (Å²) in [6.07, 6.45) is 3.45. The normalized spacial score (nSPS) is 14.0. The molecule has 0 aliphatic carbocycles. The molecule has 0 aliphatic heterocycles. The number of hydrogen-bond acceptors (Lipinski definition) is 4. The van der Waals surface area contributed by atoms with Crippen molar-refractivity contribution in [2.75, 3.05) is 13.7 Å². The molecule has 2 rings (SSSR count). The molecule has 0 spiro atoms. The minimum Gasteiger partial charge on any atom is -0.468 e. The fraction of sp³-hybridized carbons (Fsp3) is 0.500. The molecular formula is C16H23N3O2. The van der Waals surface area contributed by atoms with Gasteiger partial charge < -0.3 is 10.1 Å². The minimum absolute atomic E-state index is 0.229. The van der Waals surface area contributed by atoms with Gasteiger partial charge in [-0.2, -0.15) is 5.10 Å². The summed E-state index contributed by atoms with van der Waals surface area (Å²) in [4.78, 5) is 12.0. The van der Waals surface area contributed by atoms with Crippen molar-refractivity contribution in [3.63, 3.8) is 0 Å². The van der Waals surface area contributed by atoms with Crippen molar-refractivity contribution >= 4 is 16.9 Å². The Bertz CT molecular complexity index is 608. The van der Waals surface area contributed by atoms with Gasteiger partial charge in [-0.15, -0.1) is 0 Å². The van der Waals surface area contributed by atoms with Crippen molar-refractivity contribution in [1.29, 1.82) is 0 Å². The van der Waals surface area contributed by atoms with E-state index in [1.54, 1.807) is 0 Å². The SMILES string of the molecule is CCCNC(C)(CCn1ncc2ccccc21)C(=O)OC. The number of aryl methyl sites for hydroxylation is 1. The predicted molar refractivity (Wildman–Crippen MR) is 83.1 cm³/mol. The van der Waals surface area contributed by atoms with Gasteiger partial charge in [0.1, 0.15) is 5.54 Å². The standard InChI is InChI=1S/C16H23N3O2/c1-4-10-17-16(2,15(20)21-3)9-11-19-14-8-6-5-7-13(14)12-18-19/h5-8,12,17H,4,9-11H2,1-3H3. The van der Waals surface area contributed by atoms with E-state index in [-0.39, 0.29) is 5.97 Å². The number of fused-ring (bicyclic) bond motifs is 1. The molecule has 5 heteroatoms. The highest BCUT2D eigenvalue weighted by atomic mass is 16.5. The van der Waals surface area contributed by atoms with Crippen molar-refractivity contribution in [3.8, 4) is 0 Å². The highest BCUT2D eigenvalue weighted by Gasteiger charge is 2.33. The summed E-state index contributed by atoms with van der Waals surface area (Å²) >= 11 is 0. The van der Waals surface area contributed by atoms with Crippen molar-refractivity contribution < 1.29 is 9.53 Å². The van der Waals surface area contributed by atoms with E-state index in [1.165, 1.54) is 7.11 Å². The van der Waals surface area contributed by atoms with Crippen molar-refractivity contribution in [1.82, 2.24) is 15.1 Å². The van der Waals surface area contributed by atoms with Gasteiger partial charge in [0.05, 0.1) is 18.8 Å². The molecule has 114 valence electrons. The Kier molecular flexibility index (Phi) is 4.96. The average molecular weight is 289 g/mol. The molecular weight excluding hydrogens is 266 g/mol. The van der Waals surface area contributed by atoms with Crippen LogP contribution in [-0.4, -0.2) is 34.9 Å². The first-order chi connectivity index (χ1) is 10.1. The summed E-state index contributed by atoms with van der Waals surface area (Å²) in [7, 11) is 1.43. The number of ether oxygens (including phenoxy) is 1. The summed E-state index contributed by atoms with van der Waals surface area (Å²) in [5.41, 5.74) is 0.401. The number of benzene rings is 1. The van der Waals surface area contributed by atoms with Crippen molar-refractivity contribution in [3.05, 3.63) is 30.5 Å². The number of carbonyl (C=O) groups excluding carboxylic acids is 1. The summed E-state index contributed by atoms with van der Waals surface area (Å²) in [6, 6.07) is 8.07. The number of methoxy groups -OCH3 is 1. The van der Waals surface area contributed by atoms with Crippen LogP contribution in [0.2, 0.25) is 0 Å². The molecule has 0 fully saturated rings. The number of nitrogens with one attached hydrogen (secondary N) is 1. The lowest BCUT2D eigenvalue weighted by Gasteiger charge is -2.28. The zero-order chi connectivity index (χ0) is 15.3. The molecule has 0 saturated heterocycles. The lowest BCUT2D eigenvalue weighted by molar-refractivity contribution is -0.148. The number of esters is 1. The molecule has 1 heterocycles. The Balaban J connectivity index is 2.12. The van der Waals surface area contributed by atoms with Gasteiger partial charge in [-0.25, -0.2) is 0 Å². The van der Waals surface area contributed by atoms with Crippen LogP contribution in [0.5, 0.6) is 0 Å². The Labute approximate surface area is 125 Å². The zero-order valence-electron chi connectivity index (χ0n) is 12.9. The van der Waals surface area contributed by atoms with Gasteiger partial charge in [0.15, 0.2) is 0 Å². The molecule has 1 atom stereocenters. The Morgan fingerprint density at radius 3 is 2.90 bits per heavy atom. The lowest BCUT2D eigenvalue weighted by atomic mass is 9.97. The van der Waals surface area contributed by atoms with Crippen LogP contribution in [0.3, 0.4) is 0 Å². The Morgan fingerprint density at radius 1 is 1.43 bits per heavy atom. The molecule has 1 N–H and O–H groups in total. The molecule has 0 saturated carbocycles. The second-order valence-corrected chi connectivity index (χ2v) is 5.43. The van der Waals surface area contributed by atoms with Gasteiger partial charge in [-0.3, -0.25) is 9.48 Å². The number of hydrogen-bond donors (Lipinski definition) is 1. The van der Waals surface area contributed by atoms with Gasteiger partial charge in [0, 0.05) is 11.9 Å². The van der Waals surface area contributed by atoms with E-state index in [0.29, 0.717) is 13.0 Å². The summed E-state index contributed by atoms with van der Waals surface area (Å²) in [5, 5.41) is 8.80. The molecule has 0 aliphatic rings. The second kappa shape index (κ2) is 6.72. The first kappa shape index (κ1) is 15.5. The Hall–Kier alpha value is -1.88. The summed E-state index contributed by atoms with van der Waals surface area (Å²) in [6.45, 7) is 5.41. The van der Waals surface area contributed by atoms with E-state index >= 15 is 0 Å². The number of aromatic nitrogens is 2. The fourth-order valence-corrected chi connectivity index (χ4v) is 2.42. The highest BCUT2D eigenvalue weighted by molar-refractivity contribution is 5.80. The van der Waals surface area contributed by atoms with E-state index in [9.17, 15) is 4.79 Å². The third kappa shape index (κ3) is 3.42. The summed E-state index contributed by atoms with van der Waals surface area (Å²) < 4.78 is 6.87. The first-order valence-electron chi connectivity index (χ1n) is 7.34. The second-order valence-electron chi connectivity index (χ2n) is 5.43. The maximum Gasteiger partial charge on any atom is 0.325 e. The molecule has 2 aromatic rings. The minimum atomic E-state index is -0.683. The van der Waals surface area contributed by atoms with Crippen LogP contribution in [0.15, 0.2) is 30.5 Å². The Morgan fingerprint density at radius 2 is 2.19 bits per heavy atom. The highest BCUT2D eigenvalue weighted by Crippen LogP contribution is 2.17. The smallest absolute Gasteiger partial charge is 0.325 e. The van der Waals surface area contributed by atoms with Crippen LogP contribution in [-0.2, 0) is 16.1 Å². The van der Waals surface area contributed by atoms with E-state index in [2.05, 4.69) is 17.3 Å². The van der Waals surface area contributed by atoms with Gasteiger partial charge >= 0.3 is 5.97 Å². The monoisotopic (exact) mass is 289 g/mol. The number of carbonyl (C=O) groups is 1. The van der Waals surface area contributed by atoms with E-state index in [1.807, 2.05) is 42.1 Å². The fourth-order valence-electron chi connectivity index (χ4n) is 2.42. The molecule has 1 unspecified atom stereocenters. The quantitative estimate of drug-likeness (QED) is 0.795. The molecule has 5 nitrogen and oxygen atoms in total. The van der Waals surface area contributed by atoms with Crippen LogP contribution < -0.4 is 5.32 Å². The van der Waals surface area contributed by atoms with Gasteiger partial charge in [0.25, 0.3) is 0 Å². The number of para-hydroxylation sites is 1. The predicted octanol–water partition coefficient (Wildman–Crippen LogP) is 2.36. The molecule has 0 bridgehead atoms. The molecule has 1 aromatic heterocycles. The first-order valence-corrected chi connectivity index (χ1v) is 7.34. The lowest BCUT2D eigenvalue weighted by Crippen LogP contribution is -2.51. The van der Waals surface area contributed by atoms with E-state index < -0.39 is 5.54 Å². The maximum absolute atomic E-state index is 12.0. The van der Waals surface area contributed by atoms with Gasteiger partial charge in [-0.05, 0) is 32.4 Å². The van der Waals surface area contributed by atoms with Crippen molar-refractivity contribution in [2.45, 2.75) is 38.8 Å². The van der Waals surface area contributed by atoms with E-state index in [4.69, 9.17) is 4.74 Å². The molecule has 1 aromatic carbocycles. The zero-order valence-corrected chi connectivity index (χ0v) is 12.9. The number of rotatable bonds is 7. The third-order valence-electron chi connectivity index (χ3n) is 3.78. The van der Waals surface area contributed by atoms with Crippen LogP contribution in [0.25, 0.3) is 10.9 Å². The van der Waals surface area contributed by atoms with E-state index in [0.717, 1.165) is 23.9 Å². The largest absolute Gasteiger partial charge is 0.468 e. The maximum atomic E-state index is 12.0. The average Bonchev–Trinajstić information content (AvgIpc) is 2.93. The van der Waals surface area contributed by atoms with Crippen LogP contribution in [0, 0.1) is 0 Å². The van der Waals surface area contributed by atoms with Gasteiger partial charge in [0.2, 0.25) is 0 Å². The topological polar surface area (TPSA) is 56.2 Å². The van der Waals surface area contributed by atoms with Crippen LogP contribution >= 0.6 is 0 Å². The molecule has 0 amide bonds.